The second-order valence-electron chi connectivity index (χ2n) is 4.30. The lowest BCUT2D eigenvalue weighted by Crippen LogP contribution is -2.28. The number of rotatable bonds is 4. The van der Waals surface area contributed by atoms with E-state index in [2.05, 4.69) is 20.9 Å². The maximum Gasteiger partial charge on any atom is 0.243 e. The normalized spacial score (nSPS) is 12.2. The third-order valence-corrected chi connectivity index (χ3v) is 5.29. The average molecular weight is 343 g/mol. The van der Waals surface area contributed by atoms with Crippen LogP contribution in [0.2, 0.25) is 0 Å². The summed E-state index contributed by atoms with van der Waals surface area (Å²) in [7, 11) is -1.90. The molecule has 0 aliphatic rings. The largest absolute Gasteiger partial charge is 0.256 e. The quantitative estimate of drug-likeness (QED) is 0.802. The molecule has 2 rings (SSSR count). The topological polar surface area (TPSA) is 50.3 Å². The number of aromatic nitrogens is 1. The highest BCUT2D eigenvalue weighted by atomic mass is 79.9. The summed E-state index contributed by atoms with van der Waals surface area (Å²) in [4.78, 5) is 4.58. The van der Waals surface area contributed by atoms with Crippen molar-refractivity contribution in [2.75, 3.05) is 18.9 Å². The van der Waals surface area contributed by atoms with E-state index in [0.29, 0.717) is 22.2 Å². The summed E-state index contributed by atoms with van der Waals surface area (Å²) in [5.74, 6) is 0. The number of alkyl halides is 1. The fourth-order valence-electron chi connectivity index (χ4n) is 1.92. The molecule has 6 heteroatoms. The van der Waals surface area contributed by atoms with Gasteiger partial charge in [0.15, 0.2) is 0 Å². The summed E-state index contributed by atoms with van der Waals surface area (Å²) >= 11 is 3.26. The SMILES string of the molecule is Cc1ccc(S(=O)(=O)N(C)CCBr)c2cccnc12. The molecular weight excluding hydrogens is 328 g/mol. The van der Waals surface area contributed by atoms with Gasteiger partial charge in [0, 0.05) is 30.5 Å². The van der Waals surface area contributed by atoms with Crippen molar-refractivity contribution >= 4 is 36.9 Å². The third-order valence-electron chi connectivity index (χ3n) is 3.02. The van der Waals surface area contributed by atoms with Gasteiger partial charge in [-0.25, -0.2) is 12.7 Å². The first-order chi connectivity index (χ1) is 8.98. The Hall–Kier alpha value is -0.980. The van der Waals surface area contributed by atoms with Crippen molar-refractivity contribution in [2.24, 2.45) is 0 Å². The maximum atomic E-state index is 12.5. The minimum Gasteiger partial charge on any atom is -0.256 e. The summed E-state index contributed by atoms with van der Waals surface area (Å²) < 4.78 is 26.4. The molecule has 0 bridgehead atoms. The molecule has 0 unspecified atom stereocenters. The van der Waals surface area contributed by atoms with E-state index >= 15 is 0 Å². The monoisotopic (exact) mass is 342 g/mol. The summed E-state index contributed by atoms with van der Waals surface area (Å²) in [5.41, 5.74) is 1.70. The van der Waals surface area contributed by atoms with Crippen LogP contribution in [0.3, 0.4) is 0 Å². The molecule has 0 radical (unpaired) electrons. The lowest BCUT2D eigenvalue weighted by Gasteiger charge is -2.17. The number of pyridine rings is 1. The van der Waals surface area contributed by atoms with Gasteiger partial charge in [-0.1, -0.05) is 22.0 Å². The molecule has 102 valence electrons. The van der Waals surface area contributed by atoms with Crippen molar-refractivity contribution in [1.29, 1.82) is 0 Å². The molecule has 0 aliphatic carbocycles. The van der Waals surface area contributed by atoms with Crippen molar-refractivity contribution in [1.82, 2.24) is 9.29 Å². The molecule has 2 aromatic rings. The summed E-state index contributed by atoms with van der Waals surface area (Å²) in [5, 5.41) is 1.27. The highest BCUT2D eigenvalue weighted by Crippen LogP contribution is 2.26. The number of hydrogen-bond donors (Lipinski definition) is 0. The minimum atomic E-state index is -3.48. The molecule has 0 N–H and O–H groups in total. The molecule has 1 heterocycles. The van der Waals surface area contributed by atoms with Gasteiger partial charge in [-0.2, -0.15) is 0 Å². The lowest BCUT2D eigenvalue weighted by molar-refractivity contribution is 0.490. The Morgan fingerprint density at radius 3 is 2.74 bits per heavy atom. The molecule has 1 aromatic carbocycles. The standard InChI is InChI=1S/C13H15BrN2O2S/c1-10-5-6-12(11-4-3-8-15-13(10)11)19(17,18)16(2)9-7-14/h3-6,8H,7,9H2,1-2H3. The second-order valence-corrected chi connectivity index (χ2v) is 7.10. The van der Waals surface area contributed by atoms with E-state index in [1.54, 1.807) is 37.5 Å². The van der Waals surface area contributed by atoms with Crippen LogP contribution in [0.4, 0.5) is 0 Å². The molecule has 0 aliphatic heterocycles. The number of benzene rings is 1. The molecule has 1 aromatic heterocycles. The van der Waals surface area contributed by atoms with Gasteiger partial charge in [-0.05, 0) is 30.7 Å². The zero-order valence-corrected chi connectivity index (χ0v) is 13.2. The number of sulfonamides is 1. The molecule has 0 saturated carbocycles. The van der Waals surface area contributed by atoms with Gasteiger partial charge in [0.05, 0.1) is 10.4 Å². The molecule has 0 spiro atoms. The molecular formula is C13H15BrN2O2S. The Bertz CT molecular complexity index is 701. The Kier molecular flexibility index (Phi) is 4.23. The van der Waals surface area contributed by atoms with E-state index in [0.717, 1.165) is 11.1 Å². The van der Waals surface area contributed by atoms with E-state index in [9.17, 15) is 8.42 Å². The van der Waals surface area contributed by atoms with Gasteiger partial charge in [0.2, 0.25) is 10.0 Å². The Labute approximate surface area is 121 Å². The van der Waals surface area contributed by atoms with Gasteiger partial charge in [0.25, 0.3) is 0 Å². The second kappa shape index (κ2) is 5.56. The maximum absolute atomic E-state index is 12.5. The Morgan fingerprint density at radius 2 is 2.05 bits per heavy atom. The van der Waals surface area contributed by atoms with Crippen LogP contribution in [0.25, 0.3) is 10.9 Å². The van der Waals surface area contributed by atoms with Crippen molar-refractivity contribution < 1.29 is 8.42 Å². The summed E-state index contributed by atoms with van der Waals surface area (Å²) in [6.07, 6.45) is 1.67. The van der Waals surface area contributed by atoms with E-state index in [-0.39, 0.29) is 0 Å². The molecule has 0 atom stereocenters. The van der Waals surface area contributed by atoms with Gasteiger partial charge in [-0.15, -0.1) is 0 Å². The van der Waals surface area contributed by atoms with Crippen LogP contribution in [-0.2, 0) is 10.0 Å². The predicted octanol–water partition coefficient (Wildman–Crippen LogP) is 2.56. The van der Waals surface area contributed by atoms with Crippen LogP contribution >= 0.6 is 15.9 Å². The first-order valence-electron chi connectivity index (χ1n) is 5.85. The van der Waals surface area contributed by atoms with E-state index < -0.39 is 10.0 Å². The number of halogens is 1. The average Bonchev–Trinajstić information content (AvgIpc) is 2.39. The van der Waals surface area contributed by atoms with Crippen LogP contribution in [-0.4, -0.2) is 36.6 Å². The number of nitrogens with zero attached hydrogens (tertiary/aromatic N) is 2. The minimum absolute atomic E-state index is 0.310. The Balaban J connectivity index is 2.67. The Morgan fingerprint density at radius 1 is 1.32 bits per heavy atom. The highest BCUT2D eigenvalue weighted by molar-refractivity contribution is 9.09. The number of fused-ring (bicyclic) bond motifs is 1. The van der Waals surface area contributed by atoms with Crippen LogP contribution in [0.1, 0.15) is 5.56 Å². The smallest absolute Gasteiger partial charge is 0.243 e. The lowest BCUT2D eigenvalue weighted by atomic mass is 10.1. The van der Waals surface area contributed by atoms with Gasteiger partial charge < -0.3 is 0 Å². The van der Waals surface area contributed by atoms with Crippen molar-refractivity contribution in [3.05, 3.63) is 36.0 Å². The third kappa shape index (κ3) is 2.66. The predicted molar refractivity (Wildman–Crippen MR) is 80.1 cm³/mol. The fourth-order valence-corrected chi connectivity index (χ4v) is 4.04. The zero-order valence-electron chi connectivity index (χ0n) is 10.8. The van der Waals surface area contributed by atoms with E-state index in [1.165, 1.54) is 4.31 Å². The molecule has 19 heavy (non-hydrogen) atoms. The van der Waals surface area contributed by atoms with Gasteiger partial charge in [0.1, 0.15) is 0 Å². The zero-order chi connectivity index (χ0) is 14.0. The molecule has 0 fully saturated rings. The van der Waals surface area contributed by atoms with Crippen LogP contribution < -0.4 is 0 Å². The molecule has 4 nitrogen and oxygen atoms in total. The van der Waals surface area contributed by atoms with Crippen LogP contribution in [0, 0.1) is 6.92 Å². The van der Waals surface area contributed by atoms with Gasteiger partial charge >= 0.3 is 0 Å². The molecule has 0 amide bonds. The van der Waals surface area contributed by atoms with Crippen LogP contribution in [0.15, 0.2) is 35.4 Å². The first kappa shape index (κ1) is 14.4. The van der Waals surface area contributed by atoms with Crippen LogP contribution in [0.5, 0.6) is 0 Å². The number of aryl methyl sites for hydroxylation is 1. The van der Waals surface area contributed by atoms with Gasteiger partial charge in [-0.3, -0.25) is 4.98 Å². The van der Waals surface area contributed by atoms with E-state index in [1.807, 2.05) is 6.92 Å². The summed E-state index contributed by atoms with van der Waals surface area (Å²) in [6, 6.07) is 7.00. The molecule has 0 saturated heterocycles. The first-order valence-corrected chi connectivity index (χ1v) is 8.41. The van der Waals surface area contributed by atoms with E-state index in [4.69, 9.17) is 0 Å². The highest BCUT2D eigenvalue weighted by Gasteiger charge is 2.23. The van der Waals surface area contributed by atoms with Crippen molar-refractivity contribution in [3.8, 4) is 0 Å². The summed E-state index contributed by atoms with van der Waals surface area (Å²) in [6.45, 7) is 2.35. The number of hydrogen-bond acceptors (Lipinski definition) is 3. The fraction of sp³-hybridized carbons (Fsp3) is 0.308. The van der Waals surface area contributed by atoms with Crippen molar-refractivity contribution in [3.63, 3.8) is 0 Å². The van der Waals surface area contributed by atoms with Crippen molar-refractivity contribution in [2.45, 2.75) is 11.8 Å².